The molecule has 1 fully saturated rings. The Bertz CT molecular complexity index is 864. The van der Waals surface area contributed by atoms with Gasteiger partial charge in [0.05, 0.1) is 10.9 Å². The second-order valence-corrected chi connectivity index (χ2v) is 7.94. The minimum atomic E-state index is -3.84. The summed E-state index contributed by atoms with van der Waals surface area (Å²) in [7, 11) is -3.84. The third kappa shape index (κ3) is 2.71. The van der Waals surface area contributed by atoms with Gasteiger partial charge in [-0.05, 0) is 25.8 Å². The molecule has 1 saturated heterocycles. The van der Waals surface area contributed by atoms with Crippen molar-refractivity contribution in [2.75, 3.05) is 6.54 Å². The lowest BCUT2D eigenvalue weighted by Gasteiger charge is -2.36. The molecule has 0 saturated carbocycles. The summed E-state index contributed by atoms with van der Waals surface area (Å²) in [5, 5.41) is 10.0. The molecule has 7 nitrogen and oxygen atoms in total. The Balaban J connectivity index is 2.06. The zero-order valence-electron chi connectivity index (χ0n) is 12.4. The molecule has 124 valence electrons. The lowest BCUT2D eigenvalue weighted by molar-refractivity contribution is -0.144. The van der Waals surface area contributed by atoms with E-state index in [2.05, 4.69) is 9.97 Å². The van der Waals surface area contributed by atoms with Crippen molar-refractivity contribution in [3.8, 4) is 0 Å². The Hall–Kier alpha value is -1.64. The van der Waals surface area contributed by atoms with Crippen LogP contribution in [0.3, 0.4) is 0 Å². The van der Waals surface area contributed by atoms with Crippen molar-refractivity contribution < 1.29 is 18.3 Å². The number of H-pyrrole nitrogens is 1. The minimum Gasteiger partial charge on any atom is -0.481 e. The monoisotopic (exact) mass is 357 g/mol. The Morgan fingerprint density at radius 3 is 2.96 bits per heavy atom. The van der Waals surface area contributed by atoms with Crippen LogP contribution in [0.5, 0.6) is 0 Å². The van der Waals surface area contributed by atoms with E-state index < -0.39 is 28.0 Å². The van der Waals surface area contributed by atoms with Crippen LogP contribution in [-0.4, -0.2) is 46.4 Å². The zero-order valence-corrected chi connectivity index (χ0v) is 13.9. The van der Waals surface area contributed by atoms with E-state index in [4.69, 9.17) is 11.6 Å². The Morgan fingerprint density at radius 2 is 2.26 bits per heavy atom. The van der Waals surface area contributed by atoms with Crippen LogP contribution in [-0.2, 0) is 14.8 Å². The number of nitrogens with one attached hydrogen (secondary N) is 1. The van der Waals surface area contributed by atoms with Crippen LogP contribution in [0.1, 0.15) is 19.8 Å². The molecule has 0 unspecified atom stereocenters. The van der Waals surface area contributed by atoms with Gasteiger partial charge in [-0.1, -0.05) is 11.6 Å². The third-order valence-electron chi connectivity index (χ3n) is 4.29. The number of aromatic amines is 1. The molecule has 2 aromatic rings. The number of hydrogen-bond acceptors (Lipinski definition) is 4. The standard InChI is InChI=1S/C14H16ClN3O4S/c1-8-10(14(19)20)3-2-4-18(8)23(21,22)12-7-17-13-11(12)5-9(15)6-16-13/h5-8,10H,2-4H2,1H3,(H,16,17)(H,19,20)/t8-,10+/m1/s1. The van der Waals surface area contributed by atoms with Crippen molar-refractivity contribution in [3.05, 3.63) is 23.5 Å². The number of piperidine rings is 1. The quantitative estimate of drug-likeness (QED) is 0.875. The summed E-state index contributed by atoms with van der Waals surface area (Å²) < 4.78 is 27.3. The molecule has 2 aromatic heterocycles. The minimum absolute atomic E-state index is 0.0698. The Labute approximate surface area is 138 Å². The first-order valence-electron chi connectivity index (χ1n) is 7.19. The van der Waals surface area contributed by atoms with Gasteiger partial charge in [0.2, 0.25) is 10.0 Å². The molecule has 1 aliphatic rings. The summed E-state index contributed by atoms with van der Waals surface area (Å²) in [6.07, 6.45) is 3.80. The number of fused-ring (bicyclic) bond motifs is 1. The highest BCUT2D eigenvalue weighted by atomic mass is 35.5. The number of carboxylic acid groups (broad SMARTS) is 1. The first-order valence-corrected chi connectivity index (χ1v) is 9.01. The van der Waals surface area contributed by atoms with Crippen molar-refractivity contribution in [2.45, 2.75) is 30.7 Å². The van der Waals surface area contributed by atoms with Crippen LogP contribution in [0, 0.1) is 5.92 Å². The smallest absolute Gasteiger partial charge is 0.308 e. The molecule has 0 spiro atoms. The maximum Gasteiger partial charge on any atom is 0.308 e. The highest BCUT2D eigenvalue weighted by Crippen LogP contribution is 2.32. The zero-order chi connectivity index (χ0) is 16.8. The summed E-state index contributed by atoms with van der Waals surface area (Å²) in [5.41, 5.74) is 0.424. The van der Waals surface area contributed by atoms with E-state index in [1.165, 1.54) is 22.8 Å². The fraction of sp³-hybridized carbons (Fsp3) is 0.429. The van der Waals surface area contributed by atoms with Crippen molar-refractivity contribution in [1.29, 1.82) is 0 Å². The average Bonchev–Trinajstić information content (AvgIpc) is 2.90. The van der Waals surface area contributed by atoms with Crippen LogP contribution in [0.2, 0.25) is 5.02 Å². The van der Waals surface area contributed by atoms with E-state index in [0.29, 0.717) is 35.4 Å². The SMILES string of the molecule is C[C@@H]1[C@@H](C(=O)O)CCCN1S(=O)(=O)c1c[nH]c2ncc(Cl)cc12. The van der Waals surface area contributed by atoms with Crippen molar-refractivity contribution in [1.82, 2.24) is 14.3 Å². The summed E-state index contributed by atoms with van der Waals surface area (Å²) in [6.45, 7) is 1.93. The van der Waals surface area contributed by atoms with Crippen LogP contribution >= 0.6 is 11.6 Å². The summed E-state index contributed by atoms with van der Waals surface area (Å²) >= 11 is 5.91. The van der Waals surface area contributed by atoms with Crippen LogP contribution in [0.15, 0.2) is 23.4 Å². The molecule has 2 N–H and O–H groups in total. The predicted molar refractivity (Wildman–Crippen MR) is 84.8 cm³/mol. The fourth-order valence-electron chi connectivity index (χ4n) is 3.07. The number of nitrogens with zero attached hydrogens (tertiary/aromatic N) is 2. The number of rotatable bonds is 3. The Kier molecular flexibility index (Phi) is 4.07. The molecule has 2 atom stereocenters. The molecule has 3 rings (SSSR count). The highest BCUT2D eigenvalue weighted by molar-refractivity contribution is 7.89. The first-order chi connectivity index (χ1) is 10.8. The molecule has 0 aliphatic carbocycles. The summed E-state index contributed by atoms with van der Waals surface area (Å²) in [6, 6.07) is 0.930. The number of halogens is 1. The van der Waals surface area contributed by atoms with Gasteiger partial charge in [0.1, 0.15) is 10.5 Å². The van der Waals surface area contributed by atoms with E-state index in [1.807, 2.05) is 0 Å². The van der Waals surface area contributed by atoms with Gasteiger partial charge in [0.25, 0.3) is 0 Å². The predicted octanol–water partition coefficient (Wildman–Crippen LogP) is 2.09. The number of hydrogen-bond donors (Lipinski definition) is 2. The van der Waals surface area contributed by atoms with E-state index in [9.17, 15) is 18.3 Å². The van der Waals surface area contributed by atoms with Gasteiger partial charge in [-0.25, -0.2) is 13.4 Å². The lowest BCUT2D eigenvalue weighted by atomic mass is 9.92. The second-order valence-electron chi connectivity index (χ2n) is 5.65. The number of pyridine rings is 1. The van der Waals surface area contributed by atoms with Crippen LogP contribution < -0.4 is 0 Å². The molecule has 0 bridgehead atoms. The number of sulfonamides is 1. The molecule has 0 radical (unpaired) electrons. The summed E-state index contributed by atoms with van der Waals surface area (Å²) in [4.78, 5) is 18.3. The molecular formula is C14H16ClN3O4S. The fourth-order valence-corrected chi connectivity index (χ4v) is 5.08. The van der Waals surface area contributed by atoms with Gasteiger partial charge in [0, 0.05) is 30.4 Å². The van der Waals surface area contributed by atoms with Crippen molar-refractivity contribution in [2.24, 2.45) is 5.92 Å². The molecule has 1 aliphatic heterocycles. The van der Waals surface area contributed by atoms with E-state index in [1.54, 1.807) is 6.92 Å². The maximum atomic E-state index is 13.0. The van der Waals surface area contributed by atoms with E-state index >= 15 is 0 Å². The van der Waals surface area contributed by atoms with Crippen LogP contribution in [0.4, 0.5) is 0 Å². The molecule has 9 heteroatoms. The number of carboxylic acids is 1. The van der Waals surface area contributed by atoms with Gasteiger partial charge in [-0.15, -0.1) is 0 Å². The van der Waals surface area contributed by atoms with Crippen molar-refractivity contribution >= 4 is 38.6 Å². The first kappa shape index (κ1) is 16.2. The molecular weight excluding hydrogens is 342 g/mol. The summed E-state index contributed by atoms with van der Waals surface area (Å²) in [5.74, 6) is -1.67. The number of carbonyl (C=O) groups is 1. The van der Waals surface area contributed by atoms with Gasteiger partial charge >= 0.3 is 5.97 Å². The number of aliphatic carboxylic acids is 1. The molecule has 0 aromatic carbocycles. The normalized spacial score (nSPS) is 23.2. The van der Waals surface area contributed by atoms with Crippen molar-refractivity contribution in [3.63, 3.8) is 0 Å². The van der Waals surface area contributed by atoms with E-state index in [-0.39, 0.29) is 4.90 Å². The highest BCUT2D eigenvalue weighted by Gasteiger charge is 2.40. The van der Waals surface area contributed by atoms with Crippen LogP contribution in [0.25, 0.3) is 11.0 Å². The van der Waals surface area contributed by atoms with Gasteiger partial charge < -0.3 is 10.1 Å². The molecule has 23 heavy (non-hydrogen) atoms. The Morgan fingerprint density at radius 1 is 1.52 bits per heavy atom. The largest absolute Gasteiger partial charge is 0.481 e. The third-order valence-corrected chi connectivity index (χ3v) is 6.53. The van der Waals surface area contributed by atoms with Gasteiger partial charge in [-0.2, -0.15) is 4.31 Å². The molecule has 0 amide bonds. The maximum absolute atomic E-state index is 13.0. The molecule has 3 heterocycles. The van der Waals surface area contributed by atoms with E-state index in [0.717, 1.165) is 0 Å². The van der Waals surface area contributed by atoms with Gasteiger partial charge in [-0.3, -0.25) is 4.79 Å². The number of aromatic nitrogens is 2. The topological polar surface area (TPSA) is 103 Å². The lowest BCUT2D eigenvalue weighted by Crippen LogP contribution is -2.48. The average molecular weight is 358 g/mol. The second kappa shape index (κ2) is 5.77. The van der Waals surface area contributed by atoms with Gasteiger partial charge in [0.15, 0.2) is 0 Å².